The number of benzene rings is 3. The first-order chi connectivity index (χ1) is 25.0. The molecule has 1 fully saturated rings. The Bertz CT molecular complexity index is 1900. The van der Waals surface area contributed by atoms with Gasteiger partial charge in [0.2, 0.25) is 0 Å². The SMILES string of the molecule is COc1ccc(C(OC[C@H]2O[C@@H](n3cc(C)c(=O)[nH]c3=O)CC2OP(OCCC#N)N(C(C)C)C(C)C)(c2ccccc2)c2ccc(C)cc2)cc1. The minimum atomic E-state index is -1.65. The molecule has 3 aromatic carbocycles. The lowest BCUT2D eigenvalue weighted by atomic mass is 9.79. The Morgan fingerprint density at radius 2 is 1.58 bits per heavy atom. The molecule has 1 saturated heterocycles. The van der Waals surface area contributed by atoms with Crippen molar-refractivity contribution in [1.29, 1.82) is 5.26 Å². The smallest absolute Gasteiger partial charge is 0.330 e. The number of hydrogen-bond donors (Lipinski definition) is 1. The monoisotopic (exact) mass is 728 g/mol. The summed E-state index contributed by atoms with van der Waals surface area (Å²) in [5.74, 6) is 0.719. The van der Waals surface area contributed by atoms with E-state index in [0.717, 1.165) is 28.0 Å². The van der Waals surface area contributed by atoms with Gasteiger partial charge in [-0.25, -0.2) is 9.46 Å². The van der Waals surface area contributed by atoms with Gasteiger partial charge in [-0.1, -0.05) is 72.3 Å². The molecule has 1 aliphatic rings. The molecule has 0 spiro atoms. The Morgan fingerprint density at radius 1 is 0.962 bits per heavy atom. The summed E-state index contributed by atoms with van der Waals surface area (Å²) in [5.41, 5.74) is 2.12. The van der Waals surface area contributed by atoms with E-state index >= 15 is 0 Å². The predicted octanol–water partition coefficient (Wildman–Crippen LogP) is 7.12. The van der Waals surface area contributed by atoms with Gasteiger partial charge in [-0.2, -0.15) is 5.26 Å². The summed E-state index contributed by atoms with van der Waals surface area (Å²) in [5, 5.41) is 9.29. The van der Waals surface area contributed by atoms with Gasteiger partial charge >= 0.3 is 5.69 Å². The molecular formula is C40H49N4O7P. The van der Waals surface area contributed by atoms with Gasteiger partial charge in [0, 0.05) is 30.3 Å². The average Bonchev–Trinajstić information content (AvgIpc) is 3.53. The summed E-state index contributed by atoms with van der Waals surface area (Å²) >= 11 is 0. The number of aryl methyl sites for hydroxylation is 2. The predicted molar refractivity (Wildman–Crippen MR) is 201 cm³/mol. The number of hydrogen-bond acceptors (Lipinski definition) is 9. The number of nitrogens with zero attached hydrogens (tertiary/aromatic N) is 3. The first-order valence-corrected chi connectivity index (χ1v) is 18.7. The number of rotatable bonds is 16. The first kappa shape index (κ1) is 39.1. The summed E-state index contributed by atoms with van der Waals surface area (Å²) in [7, 11) is -0.0147. The van der Waals surface area contributed by atoms with E-state index in [-0.39, 0.29) is 38.1 Å². The van der Waals surface area contributed by atoms with Gasteiger partial charge < -0.3 is 23.3 Å². The third-order valence-electron chi connectivity index (χ3n) is 9.12. The van der Waals surface area contributed by atoms with Gasteiger partial charge in [-0.3, -0.25) is 14.3 Å². The number of nitrogens with one attached hydrogen (secondary N) is 1. The van der Waals surface area contributed by atoms with Crippen LogP contribution >= 0.6 is 8.53 Å². The Labute approximate surface area is 307 Å². The second kappa shape index (κ2) is 17.6. The van der Waals surface area contributed by atoms with Crippen molar-refractivity contribution in [3.05, 3.63) is 134 Å². The lowest BCUT2D eigenvalue weighted by Gasteiger charge is -2.39. The van der Waals surface area contributed by atoms with E-state index in [2.05, 4.69) is 67.7 Å². The molecule has 0 amide bonds. The second-order valence-electron chi connectivity index (χ2n) is 13.5. The maximum absolute atomic E-state index is 13.1. The molecule has 1 aliphatic heterocycles. The molecule has 276 valence electrons. The van der Waals surface area contributed by atoms with Gasteiger partial charge in [0.15, 0.2) is 0 Å². The normalized spacial score (nSPS) is 19.1. The van der Waals surface area contributed by atoms with Crippen molar-refractivity contribution in [3.8, 4) is 11.8 Å². The van der Waals surface area contributed by atoms with Crippen LogP contribution in [0, 0.1) is 25.2 Å². The number of ether oxygens (including phenoxy) is 3. The summed E-state index contributed by atoms with van der Waals surface area (Å²) in [6.45, 7) is 12.3. The topological polar surface area (TPSA) is 128 Å². The molecule has 0 aliphatic carbocycles. The van der Waals surface area contributed by atoms with Gasteiger partial charge in [0.25, 0.3) is 14.1 Å². The molecule has 1 aromatic heterocycles. The Kier molecular flexibility index (Phi) is 13.2. The summed E-state index contributed by atoms with van der Waals surface area (Å²) in [6.07, 6.45) is 0.0178. The molecule has 0 radical (unpaired) electrons. The van der Waals surface area contributed by atoms with E-state index in [1.165, 1.54) is 10.8 Å². The molecule has 1 N–H and O–H groups in total. The second-order valence-corrected chi connectivity index (χ2v) is 14.9. The van der Waals surface area contributed by atoms with Crippen LogP contribution in [-0.4, -0.2) is 58.8 Å². The van der Waals surface area contributed by atoms with Gasteiger partial charge in [-0.15, -0.1) is 0 Å². The molecular weight excluding hydrogens is 679 g/mol. The van der Waals surface area contributed by atoms with Crippen LogP contribution in [-0.2, 0) is 24.1 Å². The van der Waals surface area contributed by atoms with Crippen LogP contribution in [0.1, 0.15) is 74.6 Å². The van der Waals surface area contributed by atoms with Crippen LogP contribution in [0.25, 0.3) is 0 Å². The Hall–Kier alpha value is -4.14. The average molecular weight is 729 g/mol. The zero-order valence-electron chi connectivity index (χ0n) is 30.9. The minimum absolute atomic E-state index is 0.0672. The van der Waals surface area contributed by atoms with Crippen molar-refractivity contribution in [1.82, 2.24) is 14.2 Å². The van der Waals surface area contributed by atoms with Crippen molar-refractivity contribution in [3.63, 3.8) is 0 Å². The van der Waals surface area contributed by atoms with E-state index in [1.807, 2.05) is 61.5 Å². The zero-order chi connectivity index (χ0) is 37.4. The number of H-pyrrole nitrogens is 1. The molecule has 0 saturated carbocycles. The van der Waals surface area contributed by atoms with Crippen LogP contribution < -0.4 is 16.0 Å². The highest BCUT2D eigenvalue weighted by Gasteiger charge is 2.45. The lowest BCUT2D eigenvalue weighted by molar-refractivity contribution is -0.0926. The highest BCUT2D eigenvalue weighted by Crippen LogP contribution is 2.50. The molecule has 52 heavy (non-hydrogen) atoms. The summed E-state index contributed by atoms with van der Waals surface area (Å²) < 4.78 is 36.1. The fourth-order valence-corrected chi connectivity index (χ4v) is 8.34. The van der Waals surface area contributed by atoms with E-state index in [9.17, 15) is 14.9 Å². The fraction of sp³-hybridized carbons (Fsp3) is 0.425. The van der Waals surface area contributed by atoms with Crippen molar-refractivity contribution in [2.45, 2.75) is 90.5 Å². The van der Waals surface area contributed by atoms with Crippen molar-refractivity contribution >= 4 is 8.53 Å². The van der Waals surface area contributed by atoms with E-state index < -0.39 is 43.8 Å². The summed E-state index contributed by atoms with van der Waals surface area (Å²) in [4.78, 5) is 27.8. The quantitative estimate of drug-likeness (QED) is 0.0729. The molecule has 3 unspecified atom stereocenters. The maximum Gasteiger partial charge on any atom is 0.330 e. The fourth-order valence-electron chi connectivity index (χ4n) is 6.59. The van der Waals surface area contributed by atoms with E-state index in [0.29, 0.717) is 5.56 Å². The van der Waals surface area contributed by atoms with Crippen molar-refractivity contribution in [2.75, 3.05) is 20.3 Å². The Balaban J connectivity index is 1.60. The molecule has 11 nitrogen and oxygen atoms in total. The third-order valence-corrected chi connectivity index (χ3v) is 11.3. The number of methoxy groups -OCH3 is 1. The largest absolute Gasteiger partial charge is 0.497 e. The van der Waals surface area contributed by atoms with Crippen LogP contribution in [0.2, 0.25) is 0 Å². The minimum Gasteiger partial charge on any atom is -0.497 e. The third kappa shape index (κ3) is 8.72. The van der Waals surface area contributed by atoms with Crippen LogP contribution in [0.3, 0.4) is 0 Å². The molecule has 0 bridgehead atoms. The van der Waals surface area contributed by atoms with Crippen molar-refractivity contribution < 1.29 is 23.3 Å². The standard InChI is InChI=1S/C40H49N4O7P/c1-27(2)44(28(3)4)52(49-23-11-22-41)51-35-24-37(43-25-30(6)38(45)42-39(43)46)50-36(35)26-48-40(31-12-9-8-10-13-31,32-16-14-29(5)15-17-32)33-18-20-34(47-7)21-19-33/h8-10,12-21,25,27-28,35-37H,11,23-24,26H2,1-7H3,(H,42,45,46)/t35?,36-,37-,40?,52?/m1/s1. The number of nitriles is 1. The lowest BCUT2D eigenvalue weighted by Crippen LogP contribution is -2.39. The molecule has 5 rings (SSSR count). The number of aromatic amines is 1. The first-order valence-electron chi connectivity index (χ1n) is 17.6. The van der Waals surface area contributed by atoms with Gasteiger partial charge in [-0.05, 0) is 70.4 Å². The van der Waals surface area contributed by atoms with Gasteiger partial charge in [0.05, 0.1) is 38.9 Å². The van der Waals surface area contributed by atoms with Crippen LogP contribution in [0.15, 0.2) is 94.6 Å². The van der Waals surface area contributed by atoms with Crippen molar-refractivity contribution in [2.24, 2.45) is 0 Å². The highest BCUT2D eigenvalue weighted by atomic mass is 31.2. The summed E-state index contributed by atoms with van der Waals surface area (Å²) in [6, 6.07) is 28.5. The number of aromatic nitrogens is 2. The Morgan fingerprint density at radius 3 is 2.17 bits per heavy atom. The van der Waals surface area contributed by atoms with Crippen LogP contribution in [0.5, 0.6) is 5.75 Å². The highest BCUT2D eigenvalue weighted by molar-refractivity contribution is 7.44. The van der Waals surface area contributed by atoms with E-state index in [1.54, 1.807) is 14.0 Å². The molecule has 4 aromatic rings. The molecule has 2 heterocycles. The molecule has 5 atom stereocenters. The van der Waals surface area contributed by atoms with E-state index in [4.69, 9.17) is 23.3 Å². The molecule has 12 heteroatoms. The van der Waals surface area contributed by atoms with Gasteiger partial charge in [0.1, 0.15) is 23.7 Å². The van der Waals surface area contributed by atoms with Crippen LogP contribution in [0.4, 0.5) is 0 Å². The maximum atomic E-state index is 13.1. The zero-order valence-corrected chi connectivity index (χ0v) is 31.8.